The molecule has 7 nitrogen and oxygen atoms in total. The Morgan fingerprint density at radius 1 is 1.06 bits per heavy atom. The molecule has 2 amide bonds. The summed E-state index contributed by atoms with van der Waals surface area (Å²) >= 11 is 0. The molecule has 2 aliphatic heterocycles. The number of hydrogen-bond acceptors (Lipinski definition) is 4. The number of piperidine rings is 1. The number of carbonyl (C=O) groups is 2. The average Bonchev–Trinajstić information content (AvgIpc) is 3.41. The molecular formula is C26H32F3N5O2. The number of halogens is 3. The van der Waals surface area contributed by atoms with Crippen LogP contribution >= 0.6 is 0 Å². The van der Waals surface area contributed by atoms with E-state index in [1.165, 1.54) is 12.1 Å². The zero-order chi connectivity index (χ0) is 25.4. The van der Waals surface area contributed by atoms with Crippen molar-refractivity contribution in [3.05, 3.63) is 52.8 Å². The zero-order valence-electron chi connectivity index (χ0n) is 20.4. The van der Waals surface area contributed by atoms with Crippen LogP contribution in [0.2, 0.25) is 0 Å². The van der Waals surface area contributed by atoms with Gasteiger partial charge in [0.15, 0.2) is 0 Å². The van der Waals surface area contributed by atoms with E-state index >= 15 is 0 Å². The molecule has 1 aliphatic carbocycles. The average molecular weight is 504 g/mol. The first kappa shape index (κ1) is 24.8. The molecule has 0 radical (unpaired) electrons. The molecule has 5 rings (SSSR count). The van der Waals surface area contributed by atoms with E-state index in [0.29, 0.717) is 44.6 Å². The Bertz CT molecular complexity index is 1120. The normalized spacial score (nSPS) is 21.3. The Kier molecular flexibility index (Phi) is 6.80. The molecule has 3 heterocycles. The van der Waals surface area contributed by atoms with Crippen molar-refractivity contribution in [3.63, 3.8) is 0 Å². The van der Waals surface area contributed by atoms with Crippen LogP contribution in [0.15, 0.2) is 30.5 Å². The highest BCUT2D eigenvalue weighted by Gasteiger charge is 2.41. The first-order valence-electron chi connectivity index (χ1n) is 12.8. The molecule has 1 saturated carbocycles. The minimum atomic E-state index is -4.47. The number of likely N-dealkylation sites (N-methyl/N-ethyl adjacent to an activating group) is 1. The quantitative estimate of drug-likeness (QED) is 0.644. The van der Waals surface area contributed by atoms with Gasteiger partial charge in [-0.3, -0.25) is 14.3 Å². The summed E-state index contributed by atoms with van der Waals surface area (Å²) in [4.78, 5) is 29.5. The van der Waals surface area contributed by atoms with Crippen molar-refractivity contribution >= 4 is 11.8 Å². The van der Waals surface area contributed by atoms with Gasteiger partial charge in [-0.15, -0.1) is 0 Å². The fourth-order valence-corrected chi connectivity index (χ4v) is 5.75. The van der Waals surface area contributed by atoms with Crippen molar-refractivity contribution in [3.8, 4) is 0 Å². The van der Waals surface area contributed by atoms with Crippen molar-refractivity contribution in [2.45, 2.75) is 62.7 Å². The molecule has 1 aromatic carbocycles. The van der Waals surface area contributed by atoms with Crippen LogP contribution in [-0.2, 0) is 11.0 Å². The van der Waals surface area contributed by atoms with Crippen molar-refractivity contribution in [2.24, 2.45) is 0 Å². The van der Waals surface area contributed by atoms with Gasteiger partial charge in [0.2, 0.25) is 5.91 Å². The monoisotopic (exact) mass is 503 g/mol. The number of likely N-dealkylation sites (tertiary alicyclic amines) is 2. The van der Waals surface area contributed by atoms with Crippen LogP contribution in [0.4, 0.5) is 13.2 Å². The fraction of sp³-hybridized carbons (Fsp3) is 0.577. The molecule has 1 atom stereocenters. The topological polar surface area (TPSA) is 70.5 Å². The van der Waals surface area contributed by atoms with Gasteiger partial charge in [0.25, 0.3) is 5.91 Å². The van der Waals surface area contributed by atoms with Crippen LogP contribution in [0, 0.1) is 0 Å². The van der Waals surface area contributed by atoms with E-state index in [0.717, 1.165) is 37.4 Å². The number of nitrogens with one attached hydrogen (secondary N) is 1. The van der Waals surface area contributed by atoms with Crippen molar-refractivity contribution in [2.75, 3.05) is 33.2 Å². The highest BCUT2D eigenvalue weighted by molar-refractivity contribution is 5.96. The Balaban J connectivity index is 1.39. The number of carbonyl (C=O) groups excluding carboxylic acids is 2. The Labute approximate surface area is 208 Å². The zero-order valence-corrected chi connectivity index (χ0v) is 20.4. The molecule has 2 saturated heterocycles. The van der Waals surface area contributed by atoms with Crippen LogP contribution in [0.5, 0.6) is 0 Å². The van der Waals surface area contributed by atoms with E-state index < -0.39 is 17.8 Å². The number of hydrogen-bond donors (Lipinski definition) is 1. The summed E-state index contributed by atoms with van der Waals surface area (Å²) in [6.07, 6.45) is 1.78. The minimum Gasteiger partial charge on any atom is -0.341 e. The molecule has 3 aliphatic rings. The Hall–Kier alpha value is -2.88. The predicted octanol–water partition coefficient (Wildman–Crippen LogP) is 4.14. The molecule has 0 spiro atoms. The van der Waals surface area contributed by atoms with Crippen LogP contribution in [0.25, 0.3) is 0 Å². The molecule has 194 valence electrons. The largest absolute Gasteiger partial charge is 0.416 e. The summed E-state index contributed by atoms with van der Waals surface area (Å²) in [5, 5.41) is 7.52. The van der Waals surface area contributed by atoms with Gasteiger partial charge < -0.3 is 15.1 Å². The van der Waals surface area contributed by atoms with E-state index in [9.17, 15) is 22.8 Å². The highest BCUT2D eigenvalue weighted by Crippen LogP contribution is 2.45. The lowest BCUT2D eigenvalue weighted by molar-refractivity contribution is -0.138. The lowest BCUT2D eigenvalue weighted by Crippen LogP contribution is -2.43. The van der Waals surface area contributed by atoms with E-state index in [1.54, 1.807) is 24.2 Å². The summed E-state index contributed by atoms with van der Waals surface area (Å²) in [7, 11) is 1.75. The number of alkyl halides is 3. The molecular weight excluding hydrogens is 471 g/mol. The second-order valence-corrected chi connectivity index (χ2v) is 10.0. The number of benzene rings is 1. The van der Waals surface area contributed by atoms with E-state index in [1.807, 2.05) is 9.58 Å². The molecule has 1 N–H and O–H groups in total. The number of amides is 2. The maximum Gasteiger partial charge on any atom is 0.416 e. The SMILES string of the molecule is CNCC(=O)N1CCC(n2ncc(C(=O)N3CCCC3c3ccccc3C(F)(F)F)c2C2CC2)CC1. The standard InChI is InChI=1S/C26H32F3N5O2/c1-30-16-23(35)32-13-10-18(11-14-32)34-24(17-8-9-17)20(15-31-34)25(36)33-12-4-7-22(33)19-5-2-3-6-21(19)26(27,28)29/h2-3,5-6,15,17-18,22,30H,4,7-14,16H2,1H3. The molecule has 1 unspecified atom stereocenters. The first-order chi connectivity index (χ1) is 17.3. The van der Waals surface area contributed by atoms with Crippen LogP contribution < -0.4 is 5.32 Å². The smallest absolute Gasteiger partial charge is 0.341 e. The van der Waals surface area contributed by atoms with Crippen LogP contribution in [-0.4, -0.2) is 64.6 Å². The van der Waals surface area contributed by atoms with Gasteiger partial charge in [0, 0.05) is 25.6 Å². The van der Waals surface area contributed by atoms with Gasteiger partial charge in [-0.05, 0) is 57.2 Å². The van der Waals surface area contributed by atoms with Gasteiger partial charge in [0.1, 0.15) is 0 Å². The molecule has 10 heteroatoms. The number of nitrogens with zero attached hydrogens (tertiary/aromatic N) is 4. The summed E-state index contributed by atoms with van der Waals surface area (Å²) < 4.78 is 43.1. The van der Waals surface area contributed by atoms with Crippen LogP contribution in [0.3, 0.4) is 0 Å². The number of aromatic nitrogens is 2. The third kappa shape index (κ3) is 4.75. The third-order valence-corrected chi connectivity index (χ3v) is 7.66. The maximum absolute atomic E-state index is 13.8. The summed E-state index contributed by atoms with van der Waals surface area (Å²) in [5.74, 6) is 0.0945. The predicted molar refractivity (Wildman–Crippen MR) is 127 cm³/mol. The molecule has 3 fully saturated rings. The maximum atomic E-state index is 13.8. The van der Waals surface area contributed by atoms with E-state index in [2.05, 4.69) is 10.4 Å². The van der Waals surface area contributed by atoms with Gasteiger partial charge in [-0.2, -0.15) is 18.3 Å². The Morgan fingerprint density at radius 2 is 1.78 bits per heavy atom. The van der Waals surface area contributed by atoms with Gasteiger partial charge in [-0.1, -0.05) is 18.2 Å². The van der Waals surface area contributed by atoms with Crippen molar-refractivity contribution in [1.29, 1.82) is 0 Å². The summed E-state index contributed by atoms with van der Waals surface area (Å²) in [6, 6.07) is 5.08. The highest BCUT2D eigenvalue weighted by atomic mass is 19.4. The van der Waals surface area contributed by atoms with Crippen molar-refractivity contribution in [1.82, 2.24) is 24.9 Å². The first-order valence-corrected chi connectivity index (χ1v) is 12.8. The minimum absolute atomic E-state index is 0.0777. The van der Waals surface area contributed by atoms with Gasteiger partial charge >= 0.3 is 6.18 Å². The lowest BCUT2D eigenvalue weighted by atomic mass is 9.97. The molecule has 36 heavy (non-hydrogen) atoms. The van der Waals surface area contributed by atoms with Gasteiger partial charge in [0.05, 0.1) is 41.6 Å². The third-order valence-electron chi connectivity index (χ3n) is 7.66. The second-order valence-electron chi connectivity index (χ2n) is 10.0. The lowest BCUT2D eigenvalue weighted by Gasteiger charge is -2.33. The van der Waals surface area contributed by atoms with Crippen LogP contribution in [0.1, 0.15) is 83.7 Å². The molecule has 2 aromatic rings. The van der Waals surface area contributed by atoms with E-state index in [-0.39, 0.29) is 29.3 Å². The summed E-state index contributed by atoms with van der Waals surface area (Å²) in [5.41, 5.74) is 0.916. The summed E-state index contributed by atoms with van der Waals surface area (Å²) in [6.45, 7) is 2.02. The molecule has 0 bridgehead atoms. The fourth-order valence-electron chi connectivity index (χ4n) is 5.75. The second kappa shape index (κ2) is 9.88. The van der Waals surface area contributed by atoms with Crippen molar-refractivity contribution < 1.29 is 22.8 Å². The van der Waals surface area contributed by atoms with Gasteiger partial charge in [-0.25, -0.2) is 0 Å². The van der Waals surface area contributed by atoms with E-state index in [4.69, 9.17) is 0 Å². The molecule has 1 aromatic heterocycles. The Morgan fingerprint density at radius 3 is 2.44 bits per heavy atom. The number of rotatable bonds is 6.